The molecule has 3 aromatic rings. The summed E-state index contributed by atoms with van der Waals surface area (Å²) in [5.74, 6) is -0.0554. The Bertz CT molecular complexity index is 844. The Labute approximate surface area is 151 Å². The average molecular weight is 349 g/mol. The van der Waals surface area contributed by atoms with Gasteiger partial charge in [-0.15, -0.1) is 11.3 Å². The number of carbonyl (C=O) groups is 1. The highest BCUT2D eigenvalue weighted by atomic mass is 32.1. The third-order valence-electron chi connectivity index (χ3n) is 3.69. The molecule has 0 N–H and O–H groups in total. The molecular weight excluding hydrogens is 330 g/mol. The predicted molar refractivity (Wildman–Crippen MR) is 101 cm³/mol. The maximum Gasteiger partial charge on any atom is 0.247 e. The van der Waals surface area contributed by atoms with Crippen molar-refractivity contribution >= 4 is 23.3 Å². The molecule has 0 aliphatic heterocycles. The van der Waals surface area contributed by atoms with Gasteiger partial charge < -0.3 is 4.90 Å². The van der Waals surface area contributed by atoms with Gasteiger partial charge in [0.15, 0.2) is 0 Å². The van der Waals surface area contributed by atoms with Crippen LogP contribution >= 0.6 is 11.3 Å². The van der Waals surface area contributed by atoms with Gasteiger partial charge in [-0.25, -0.2) is 4.98 Å². The van der Waals surface area contributed by atoms with Gasteiger partial charge in [-0.1, -0.05) is 35.9 Å². The van der Waals surface area contributed by atoms with Crippen LogP contribution in [0.5, 0.6) is 0 Å². The highest BCUT2D eigenvalue weighted by molar-refractivity contribution is 7.07. The fraction of sp³-hybridized carbons (Fsp3) is 0.150. The van der Waals surface area contributed by atoms with Crippen LogP contribution in [0.25, 0.3) is 6.08 Å². The van der Waals surface area contributed by atoms with Crippen molar-refractivity contribution in [3.05, 3.63) is 88.1 Å². The Morgan fingerprint density at radius 3 is 2.80 bits per heavy atom. The number of carbonyl (C=O) groups excluding carboxylic acids is 1. The van der Waals surface area contributed by atoms with Crippen LogP contribution in [-0.4, -0.2) is 20.8 Å². The van der Waals surface area contributed by atoms with E-state index in [0.29, 0.717) is 13.1 Å². The molecule has 0 saturated carbocycles. The first-order valence-corrected chi connectivity index (χ1v) is 8.95. The molecule has 0 spiro atoms. The summed E-state index contributed by atoms with van der Waals surface area (Å²) in [5.41, 5.74) is 5.70. The second-order valence-electron chi connectivity index (χ2n) is 5.75. The van der Waals surface area contributed by atoms with Crippen molar-refractivity contribution < 1.29 is 4.79 Å². The summed E-state index contributed by atoms with van der Waals surface area (Å²) >= 11 is 1.51. The van der Waals surface area contributed by atoms with Crippen molar-refractivity contribution in [2.75, 3.05) is 0 Å². The first kappa shape index (κ1) is 17.0. The molecule has 0 atom stereocenters. The van der Waals surface area contributed by atoms with Crippen LogP contribution in [0, 0.1) is 6.92 Å². The van der Waals surface area contributed by atoms with E-state index in [4.69, 9.17) is 0 Å². The minimum Gasteiger partial charge on any atom is -0.329 e. The van der Waals surface area contributed by atoms with Gasteiger partial charge in [0.2, 0.25) is 5.91 Å². The topological polar surface area (TPSA) is 46.1 Å². The van der Waals surface area contributed by atoms with E-state index >= 15 is 0 Å². The summed E-state index contributed by atoms with van der Waals surface area (Å²) in [6.07, 6.45) is 5.07. The summed E-state index contributed by atoms with van der Waals surface area (Å²) < 4.78 is 0. The summed E-state index contributed by atoms with van der Waals surface area (Å²) in [6, 6.07) is 13.9. The molecule has 25 heavy (non-hydrogen) atoms. The molecule has 5 heteroatoms. The largest absolute Gasteiger partial charge is 0.329 e. The van der Waals surface area contributed by atoms with Crippen LogP contribution in [-0.2, 0) is 17.9 Å². The number of pyridine rings is 1. The predicted octanol–water partition coefficient (Wildman–Crippen LogP) is 4.09. The Morgan fingerprint density at radius 1 is 1.16 bits per heavy atom. The zero-order chi connectivity index (χ0) is 17.5. The second-order valence-corrected chi connectivity index (χ2v) is 6.47. The number of amides is 1. The molecule has 0 aliphatic carbocycles. The first-order chi connectivity index (χ1) is 12.2. The van der Waals surface area contributed by atoms with E-state index in [-0.39, 0.29) is 5.91 Å². The molecule has 2 aromatic heterocycles. The SMILES string of the molecule is Cc1cccc(CN(Cc2ccccn2)C(=O)/C=C/c2cscn2)c1. The summed E-state index contributed by atoms with van der Waals surface area (Å²) in [6.45, 7) is 3.06. The number of rotatable bonds is 6. The van der Waals surface area contributed by atoms with Gasteiger partial charge >= 0.3 is 0 Å². The molecule has 2 heterocycles. The number of nitrogens with zero attached hydrogens (tertiary/aromatic N) is 3. The van der Waals surface area contributed by atoms with Crippen LogP contribution in [0.4, 0.5) is 0 Å². The molecule has 1 aromatic carbocycles. The molecule has 4 nitrogen and oxygen atoms in total. The van der Waals surface area contributed by atoms with Crippen molar-refractivity contribution in [3.63, 3.8) is 0 Å². The maximum atomic E-state index is 12.7. The number of aromatic nitrogens is 2. The van der Waals surface area contributed by atoms with Gasteiger partial charge in [-0.05, 0) is 30.7 Å². The van der Waals surface area contributed by atoms with Crippen LogP contribution in [0.2, 0.25) is 0 Å². The zero-order valence-electron chi connectivity index (χ0n) is 14.0. The van der Waals surface area contributed by atoms with Gasteiger partial charge in [0, 0.05) is 24.2 Å². The van der Waals surface area contributed by atoms with Gasteiger partial charge in [-0.2, -0.15) is 0 Å². The van der Waals surface area contributed by atoms with Crippen LogP contribution < -0.4 is 0 Å². The van der Waals surface area contributed by atoms with Gasteiger partial charge in [0.25, 0.3) is 0 Å². The van der Waals surface area contributed by atoms with Gasteiger partial charge in [0.05, 0.1) is 23.4 Å². The van der Waals surface area contributed by atoms with E-state index in [1.807, 2.05) is 35.7 Å². The Morgan fingerprint density at radius 2 is 2.08 bits per heavy atom. The lowest BCUT2D eigenvalue weighted by atomic mass is 10.1. The highest BCUT2D eigenvalue weighted by Crippen LogP contribution is 2.12. The van der Waals surface area contributed by atoms with Gasteiger partial charge in [-0.3, -0.25) is 9.78 Å². The smallest absolute Gasteiger partial charge is 0.247 e. The third-order valence-corrected chi connectivity index (χ3v) is 4.30. The zero-order valence-corrected chi connectivity index (χ0v) is 14.8. The molecule has 1 amide bonds. The van der Waals surface area contributed by atoms with Crippen molar-refractivity contribution in [1.82, 2.24) is 14.9 Å². The Hall–Kier alpha value is -2.79. The molecule has 126 valence electrons. The number of hydrogen-bond donors (Lipinski definition) is 0. The molecule has 0 saturated heterocycles. The number of thiazole rings is 1. The van der Waals surface area contributed by atoms with E-state index in [0.717, 1.165) is 17.0 Å². The quantitative estimate of drug-likeness (QED) is 0.630. The maximum absolute atomic E-state index is 12.7. The van der Waals surface area contributed by atoms with E-state index < -0.39 is 0 Å². The van der Waals surface area contributed by atoms with Crippen LogP contribution in [0.3, 0.4) is 0 Å². The van der Waals surface area contributed by atoms with E-state index in [1.54, 1.807) is 28.8 Å². The lowest BCUT2D eigenvalue weighted by Crippen LogP contribution is -2.28. The minimum absolute atomic E-state index is 0.0554. The summed E-state index contributed by atoms with van der Waals surface area (Å²) in [7, 11) is 0. The van der Waals surface area contributed by atoms with Crippen LogP contribution in [0.15, 0.2) is 65.6 Å². The highest BCUT2D eigenvalue weighted by Gasteiger charge is 2.13. The first-order valence-electron chi connectivity index (χ1n) is 8.01. The van der Waals surface area contributed by atoms with E-state index in [2.05, 4.69) is 29.0 Å². The molecular formula is C20H19N3OS. The van der Waals surface area contributed by atoms with E-state index in [1.165, 1.54) is 16.9 Å². The van der Waals surface area contributed by atoms with Crippen LogP contribution in [0.1, 0.15) is 22.5 Å². The number of benzene rings is 1. The second kappa shape index (κ2) is 8.35. The molecule has 0 aliphatic rings. The number of hydrogen-bond acceptors (Lipinski definition) is 4. The van der Waals surface area contributed by atoms with Crippen molar-refractivity contribution in [2.45, 2.75) is 20.0 Å². The van der Waals surface area contributed by atoms with Crippen molar-refractivity contribution in [1.29, 1.82) is 0 Å². The van der Waals surface area contributed by atoms with E-state index in [9.17, 15) is 4.79 Å². The fourth-order valence-corrected chi connectivity index (χ4v) is 3.02. The molecule has 0 unspecified atom stereocenters. The Balaban J connectivity index is 1.79. The summed E-state index contributed by atoms with van der Waals surface area (Å²) in [4.78, 5) is 23.0. The van der Waals surface area contributed by atoms with Crippen molar-refractivity contribution in [2.24, 2.45) is 0 Å². The molecule has 0 fully saturated rings. The summed E-state index contributed by atoms with van der Waals surface area (Å²) in [5, 5.41) is 1.91. The normalized spacial score (nSPS) is 10.9. The lowest BCUT2D eigenvalue weighted by Gasteiger charge is -2.21. The Kier molecular flexibility index (Phi) is 5.69. The monoisotopic (exact) mass is 349 g/mol. The standard InChI is InChI=1S/C20H19N3OS/c1-16-5-4-6-17(11-16)12-23(13-18-7-2-3-10-21-18)20(24)9-8-19-14-25-15-22-19/h2-11,14-15H,12-13H2,1H3/b9-8+. The minimum atomic E-state index is -0.0554. The fourth-order valence-electron chi connectivity index (χ4n) is 2.50. The average Bonchev–Trinajstić information content (AvgIpc) is 3.14. The third kappa shape index (κ3) is 5.09. The molecule has 0 radical (unpaired) electrons. The molecule has 3 rings (SSSR count). The number of aryl methyl sites for hydroxylation is 1. The molecule has 0 bridgehead atoms. The van der Waals surface area contributed by atoms with Crippen molar-refractivity contribution in [3.8, 4) is 0 Å². The lowest BCUT2D eigenvalue weighted by molar-refractivity contribution is -0.127. The van der Waals surface area contributed by atoms with Gasteiger partial charge in [0.1, 0.15) is 0 Å².